The van der Waals surface area contributed by atoms with Crippen LogP contribution in [-0.4, -0.2) is 35.4 Å². The fourth-order valence-corrected chi connectivity index (χ4v) is 3.03. The summed E-state index contributed by atoms with van der Waals surface area (Å²) in [6, 6.07) is 0. The maximum Gasteiger partial charge on any atom is 0.334 e. The second-order valence-electron chi connectivity index (χ2n) is 5.54. The number of aliphatic hydroxyl groups is 1. The average molecular weight is 276 g/mol. The number of esters is 2. The van der Waals surface area contributed by atoms with Gasteiger partial charge in [-0.1, -0.05) is 18.2 Å². The van der Waals surface area contributed by atoms with Crippen LogP contribution in [0.3, 0.4) is 0 Å². The molecule has 0 spiro atoms. The van der Waals surface area contributed by atoms with Crippen LogP contribution < -0.4 is 0 Å². The summed E-state index contributed by atoms with van der Waals surface area (Å²) in [7, 11) is 0. The van der Waals surface area contributed by atoms with E-state index in [-0.39, 0.29) is 24.1 Å². The van der Waals surface area contributed by atoms with E-state index in [2.05, 4.69) is 6.58 Å². The monoisotopic (exact) mass is 276 g/mol. The highest BCUT2D eigenvalue weighted by Crippen LogP contribution is 2.37. The smallest absolute Gasteiger partial charge is 0.334 e. The number of ether oxygens (including phenoxy) is 2. The van der Waals surface area contributed by atoms with Gasteiger partial charge in [0, 0.05) is 24.0 Å². The van der Waals surface area contributed by atoms with Crippen LogP contribution in [0.4, 0.5) is 0 Å². The molecular formula is C15H16O5. The molecule has 3 rings (SSSR count). The molecule has 5 heteroatoms. The Morgan fingerprint density at radius 1 is 1.20 bits per heavy atom. The maximum absolute atomic E-state index is 11.8. The standard InChI is InChI=1S/C15H16O5/c1-7-3-10-5-9(15(18)19-10)6-12-13(11(16)4-7)8(2)14(17)20-12/h4-5,10-13,16H,2-3,6H2,1H3/b7-4+/t10-,11+,12-,13-/m0/s1. The number of aliphatic hydroxyl groups excluding tert-OH is 1. The molecule has 1 N–H and O–H groups in total. The van der Waals surface area contributed by atoms with Crippen molar-refractivity contribution in [2.45, 2.75) is 38.1 Å². The van der Waals surface area contributed by atoms with E-state index < -0.39 is 24.1 Å². The normalized spacial score (nSPS) is 39.4. The SMILES string of the molecule is C=C1C(=O)O[C@H]2CC3=C[C@H](C/C(C)=C/[C@@H](O)[C@H]12)OC3=O. The van der Waals surface area contributed by atoms with Crippen molar-refractivity contribution in [3.63, 3.8) is 0 Å². The van der Waals surface area contributed by atoms with E-state index in [0.717, 1.165) is 5.57 Å². The number of carbonyl (C=O) groups excluding carboxylic acids is 2. The van der Waals surface area contributed by atoms with Crippen molar-refractivity contribution in [3.05, 3.63) is 35.5 Å². The molecule has 1 fully saturated rings. The van der Waals surface area contributed by atoms with E-state index in [1.165, 1.54) is 0 Å². The highest BCUT2D eigenvalue weighted by atomic mass is 16.6. The van der Waals surface area contributed by atoms with Gasteiger partial charge in [-0.15, -0.1) is 0 Å². The number of rotatable bonds is 0. The van der Waals surface area contributed by atoms with Crippen molar-refractivity contribution in [1.82, 2.24) is 0 Å². The Morgan fingerprint density at radius 2 is 1.95 bits per heavy atom. The van der Waals surface area contributed by atoms with Gasteiger partial charge in [-0.25, -0.2) is 9.59 Å². The van der Waals surface area contributed by atoms with Crippen LogP contribution >= 0.6 is 0 Å². The van der Waals surface area contributed by atoms with Gasteiger partial charge in [0.05, 0.1) is 12.0 Å². The van der Waals surface area contributed by atoms with E-state index in [1.54, 1.807) is 12.2 Å². The first-order chi connectivity index (χ1) is 9.45. The Hall–Kier alpha value is -1.88. The number of hydrogen-bond donors (Lipinski definition) is 1. The first-order valence-electron chi connectivity index (χ1n) is 6.62. The van der Waals surface area contributed by atoms with Gasteiger partial charge in [0.2, 0.25) is 0 Å². The molecule has 1 aliphatic carbocycles. The van der Waals surface area contributed by atoms with Crippen molar-refractivity contribution in [1.29, 1.82) is 0 Å². The molecule has 2 aliphatic heterocycles. The molecule has 0 amide bonds. The fourth-order valence-electron chi connectivity index (χ4n) is 3.03. The van der Waals surface area contributed by atoms with E-state index in [0.29, 0.717) is 12.0 Å². The Bertz CT molecular complexity index is 557. The molecule has 5 nitrogen and oxygen atoms in total. The van der Waals surface area contributed by atoms with Gasteiger partial charge < -0.3 is 14.6 Å². The third-order valence-corrected chi connectivity index (χ3v) is 4.00. The first-order valence-corrected chi connectivity index (χ1v) is 6.62. The molecular weight excluding hydrogens is 260 g/mol. The Labute approximate surface area is 116 Å². The Morgan fingerprint density at radius 3 is 2.70 bits per heavy atom. The van der Waals surface area contributed by atoms with Gasteiger partial charge in [0.25, 0.3) is 0 Å². The number of hydrogen-bond acceptors (Lipinski definition) is 5. The number of carbonyl (C=O) groups is 2. The highest BCUT2D eigenvalue weighted by molar-refractivity contribution is 5.93. The topological polar surface area (TPSA) is 72.8 Å². The lowest BCUT2D eigenvalue weighted by atomic mass is 9.86. The fraction of sp³-hybridized carbons (Fsp3) is 0.467. The van der Waals surface area contributed by atoms with Crippen molar-refractivity contribution in [2.24, 2.45) is 5.92 Å². The van der Waals surface area contributed by atoms with Gasteiger partial charge in [-0.3, -0.25) is 0 Å². The van der Waals surface area contributed by atoms with Gasteiger partial charge in [-0.05, 0) is 13.0 Å². The number of fused-ring (bicyclic) bond motifs is 2. The van der Waals surface area contributed by atoms with Crippen molar-refractivity contribution >= 4 is 11.9 Å². The summed E-state index contributed by atoms with van der Waals surface area (Å²) < 4.78 is 10.5. The Kier molecular flexibility index (Phi) is 3.01. The third kappa shape index (κ3) is 2.08. The molecule has 0 unspecified atom stereocenters. The summed E-state index contributed by atoms with van der Waals surface area (Å²) >= 11 is 0. The minimum absolute atomic E-state index is 0.259. The van der Waals surface area contributed by atoms with E-state index in [1.807, 2.05) is 6.92 Å². The van der Waals surface area contributed by atoms with Crippen LogP contribution in [0.1, 0.15) is 19.8 Å². The maximum atomic E-state index is 11.8. The van der Waals surface area contributed by atoms with Crippen molar-refractivity contribution in [3.8, 4) is 0 Å². The minimum atomic E-state index is -0.841. The van der Waals surface area contributed by atoms with E-state index in [4.69, 9.17) is 9.47 Å². The van der Waals surface area contributed by atoms with E-state index >= 15 is 0 Å². The zero-order valence-corrected chi connectivity index (χ0v) is 11.2. The van der Waals surface area contributed by atoms with Crippen LogP contribution in [0.15, 0.2) is 35.5 Å². The van der Waals surface area contributed by atoms with Crippen molar-refractivity contribution in [2.75, 3.05) is 0 Å². The summed E-state index contributed by atoms with van der Waals surface area (Å²) in [5.74, 6) is -1.39. The lowest BCUT2D eigenvalue weighted by Crippen LogP contribution is -2.29. The Balaban J connectivity index is 1.99. The minimum Gasteiger partial charge on any atom is -0.458 e. The molecule has 2 bridgehead atoms. The van der Waals surface area contributed by atoms with Gasteiger partial charge in [0.1, 0.15) is 12.2 Å². The van der Waals surface area contributed by atoms with Gasteiger partial charge in [-0.2, -0.15) is 0 Å². The summed E-state index contributed by atoms with van der Waals surface area (Å²) in [4.78, 5) is 23.5. The lowest BCUT2D eigenvalue weighted by molar-refractivity contribution is -0.142. The summed E-state index contributed by atoms with van der Waals surface area (Å²) in [6.07, 6.45) is 2.58. The quantitative estimate of drug-likeness (QED) is 0.406. The van der Waals surface area contributed by atoms with E-state index in [9.17, 15) is 14.7 Å². The molecule has 0 aromatic rings. The summed E-state index contributed by atoms with van der Waals surface area (Å²) in [5, 5.41) is 10.3. The molecule has 0 aromatic heterocycles. The summed E-state index contributed by atoms with van der Waals surface area (Å²) in [6.45, 7) is 5.56. The zero-order valence-electron chi connectivity index (χ0n) is 11.2. The molecule has 0 radical (unpaired) electrons. The van der Waals surface area contributed by atoms with Gasteiger partial charge in [0.15, 0.2) is 0 Å². The van der Waals surface area contributed by atoms with Crippen LogP contribution in [0.5, 0.6) is 0 Å². The molecule has 20 heavy (non-hydrogen) atoms. The molecule has 4 atom stereocenters. The predicted octanol–water partition coefficient (Wildman–Crippen LogP) is 1.04. The zero-order chi connectivity index (χ0) is 14.4. The van der Waals surface area contributed by atoms with Crippen molar-refractivity contribution < 1.29 is 24.2 Å². The van der Waals surface area contributed by atoms with Crippen LogP contribution in [0.25, 0.3) is 0 Å². The molecule has 3 aliphatic rings. The second-order valence-corrected chi connectivity index (χ2v) is 5.54. The third-order valence-electron chi connectivity index (χ3n) is 4.00. The predicted molar refractivity (Wildman–Crippen MR) is 69.5 cm³/mol. The summed E-state index contributed by atoms with van der Waals surface area (Å²) in [5.41, 5.74) is 1.67. The van der Waals surface area contributed by atoms with Crippen LogP contribution in [0, 0.1) is 5.92 Å². The molecule has 0 aromatic carbocycles. The first kappa shape index (κ1) is 13.1. The molecule has 1 saturated heterocycles. The van der Waals surface area contributed by atoms with Crippen LogP contribution in [-0.2, 0) is 19.1 Å². The van der Waals surface area contributed by atoms with Crippen LogP contribution in [0.2, 0.25) is 0 Å². The lowest BCUT2D eigenvalue weighted by Gasteiger charge is -2.21. The average Bonchev–Trinajstić information content (AvgIpc) is 2.80. The molecule has 2 heterocycles. The molecule has 106 valence electrons. The largest absolute Gasteiger partial charge is 0.458 e. The molecule has 0 saturated carbocycles. The second kappa shape index (κ2) is 4.59. The van der Waals surface area contributed by atoms with Gasteiger partial charge >= 0.3 is 11.9 Å². The highest BCUT2D eigenvalue weighted by Gasteiger charge is 2.44.